The summed E-state index contributed by atoms with van der Waals surface area (Å²) in [6.45, 7) is 2.02. The number of anilines is 1. The summed E-state index contributed by atoms with van der Waals surface area (Å²) in [5, 5.41) is 2.66. The fourth-order valence-electron chi connectivity index (χ4n) is 2.50. The van der Waals surface area contributed by atoms with E-state index in [9.17, 15) is 9.59 Å². The molecule has 0 saturated carbocycles. The fraction of sp³-hybridized carbons (Fsp3) is 0.263. The van der Waals surface area contributed by atoms with Crippen LogP contribution in [-0.4, -0.2) is 25.4 Å². The molecule has 1 unspecified atom stereocenters. The first-order chi connectivity index (χ1) is 12.1. The third-order valence-electron chi connectivity index (χ3n) is 4.05. The van der Waals surface area contributed by atoms with Gasteiger partial charge in [0.1, 0.15) is 13.2 Å². The van der Waals surface area contributed by atoms with E-state index in [2.05, 4.69) is 5.32 Å². The molecule has 3 N–H and O–H groups in total. The average Bonchev–Trinajstić information content (AvgIpc) is 2.64. The molecule has 2 amide bonds. The quantitative estimate of drug-likeness (QED) is 0.803. The molecule has 6 nitrogen and oxygen atoms in total. The normalized spacial score (nSPS) is 12.7. The SMILES string of the molecule is CCC(COC(N)=O)(COC(=O)Nc1ccccc1)c1ccccc1. The second-order valence-electron chi connectivity index (χ2n) is 5.67. The highest BCUT2D eigenvalue weighted by atomic mass is 16.6. The Balaban J connectivity index is 2.09. The number of hydrogen-bond acceptors (Lipinski definition) is 4. The molecule has 0 aliphatic rings. The highest BCUT2D eigenvalue weighted by Crippen LogP contribution is 2.29. The monoisotopic (exact) mass is 342 g/mol. The zero-order valence-corrected chi connectivity index (χ0v) is 14.1. The summed E-state index contributed by atoms with van der Waals surface area (Å²) >= 11 is 0. The molecule has 0 aliphatic carbocycles. The number of nitrogens with one attached hydrogen (secondary N) is 1. The van der Waals surface area contributed by atoms with Crippen molar-refractivity contribution in [3.63, 3.8) is 0 Å². The summed E-state index contributed by atoms with van der Waals surface area (Å²) in [5.41, 5.74) is 6.00. The largest absolute Gasteiger partial charge is 0.449 e. The molecule has 0 aliphatic heterocycles. The van der Waals surface area contributed by atoms with Crippen molar-refractivity contribution in [2.45, 2.75) is 18.8 Å². The molecule has 2 rings (SSSR count). The molecule has 0 spiro atoms. The fourth-order valence-corrected chi connectivity index (χ4v) is 2.50. The number of primary amides is 1. The van der Waals surface area contributed by atoms with E-state index in [1.807, 2.05) is 55.5 Å². The molecule has 2 aromatic carbocycles. The Morgan fingerprint density at radius 3 is 2.08 bits per heavy atom. The lowest BCUT2D eigenvalue weighted by Gasteiger charge is -2.32. The standard InChI is InChI=1S/C19H22N2O4/c1-2-19(13-24-17(20)22,15-9-5-3-6-10-15)14-25-18(23)21-16-11-7-4-8-12-16/h3-12H,2,13-14H2,1H3,(H2,20,22)(H,21,23). The van der Waals surface area contributed by atoms with E-state index in [-0.39, 0.29) is 13.2 Å². The maximum atomic E-state index is 12.1. The van der Waals surface area contributed by atoms with Crippen LogP contribution in [0.2, 0.25) is 0 Å². The Hall–Kier alpha value is -3.02. The van der Waals surface area contributed by atoms with Gasteiger partial charge in [-0.05, 0) is 24.1 Å². The third kappa shape index (κ3) is 5.24. The predicted octanol–water partition coefficient (Wildman–Crippen LogP) is 3.68. The van der Waals surface area contributed by atoms with Crippen molar-refractivity contribution >= 4 is 17.9 Å². The third-order valence-corrected chi connectivity index (χ3v) is 4.05. The second kappa shape index (κ2) is 8.73. The molecule has 1 atom stereocenters. The van der Waals surface area contributed by atoms with Crippen molar-refractivity contribution in [2.75, 3.05) is 18.5 Å². The van der Waals surface area contributed by atoms with Crippen LogP contribution in [-0.2, 0) is 14.9 Å². The highest BCUT2D eigenvalue weighted by Gasteiger charge is 2.34. The Morgan fingerprint density at radius 1 is 0.960 bits per heavy atom. The van der Waals surface area contributed by atoms with Crippen LogP contribution in [0.1, 0.15) is 18.9 Å². The van der Waals surface area contributed by atoms with Crippen molar-refractivity contribution in [1.82, 2.24) is 0 Å². The maximum absolute atomic E-state index is 12.1. The van der Waals surface area contributed by atoms with Crippen molar-refractivity contribution < 1.29 is 19.1 Å². The summed E-state index contributed by atoms with van der Waals surface area (Å²) in [6, 6.07) is 18.5. The lowest BCUT2D eigenvalue weighted by molar-refractivity contribution is 0.0737. The molecule has 132 valence electrons. The van der Waals surface area contributed by atoms with E-state index in [0.717, 1.165) is 5.56 Å². The Morgan fingerprint density at radius 2 is 1.52 bits per heavy atom. The first kappa shape index (κ1) is 18.3. The number of nitrogens with two attached hydrogens (primary N) is 1. The van der Waals surface area contributed by atoms with Crippen LogP contribution in [0.5, 0.6) is 0 Å². The first-order valence-electron chi connectivity index (χ1n) is 8.02. The number of para-hydroxylation sites is 1. The molecule has 0 fully saturated rings. The number of carbonyl (C=O) groups excluding carboxylic acids is 2. The topological polar surface area (TPSA) is 90.7 Å². The summed E-state index contributed by atoms with van der Waals surface area (Å²) in [4.78, 5) is 23.1. The number of benzene rings is 2. The molecule has 0 aromatic heterocycles. The van der Waals surface area contributed by atoms with Crippen molar-refractivity contribution in [2.24, 2.45) is 5.73 Å². The lowest BCUT2D eigenvalue weighted by Crippen LogP contribution is -2.39. The lowest BCUT2D eigenvalue weighted by atomic mass is 9.79. The van der Waals surface area contributed by atoms with Gasteiger partial charge in [-0.1, -0.05) is 55.5 Å². The number of ether oxygens (including phenoxy) is 2. The average molecular weight is 342 g/mol. The van der Waals surface area contributed by atoms with Crippen LogP contribution < -0.4 is 11.1 Å². The van der Waals surface area contributed by atoms with Gasteiger partial charge < -0.3 is 15.2 Å². The van der Waals surface area contributed by atoms with Crippen LogP contribution >= 0.6 is 0 Å². The molecular formula is C19H22N2O4. The number of rotatable bonds is 7. The summed E-state index contributed by atoms with van der Waals surface area (Å²) in [7, 11) is 0. The molecule has 0 radical (unpaired) electrons. The van der Waals surface area contributed by atoms with Crippen LogP contribution in [0.3, 0.4) is 0 Å². The molecule has 25 heavy (non-hydrogen) atoms. The minimum atomic E-state index is -0.859. The van der Waals surface area contributed by atoms with E-state index in [1.165, 1.54) is 0 Å². The minimum absolute atomic E-state index is 0.0292. The van der Waals surface area contributed by atoms with Crippen molar-refractivity contribution in [3.8, 4) is 0 Å². The zero-order valence-electron chi connectivity index (χ0n) is 14.1. The summed E-state index contributed by atoms with van der Waals surface area (Å²) in [5.74, 6) is 0. The van der Waals surface area contributed by atoms with Gasteiger partial charge in [0.05, 0.1) is 5.41 Å². The maximum Gasteiger partial charge on any atom is 0.411 e. The molecule has 0 saturated heterocycles. The van der Waals surface area contributed by atoms with Crippen molar-refractivity contribution in [1.29, 1.82) is 0 Å². The van der Waals surface area contributed by atoms with Crippen LogP contribution in [0.4, 0.5) is 15.3 Å². The smallest absolute Gasteiger partial charge is 0.411 e. The van der Waals surface area contributed by atoms with Gasteiger partial charge in [0, 0.05) is 5.69 Å². The van der Waals surface area contributed by atoms with E-state index < -0.39 is 17.6 Å². The molecule has 6 heteroatoms. The summed E-state index contributed by atoms with van der Waals surface area (Å²) < 4.78 is 10.4. The number of hydrogen-bond donors (Lipinski definition) is 2. The van der Waals surface area contributed by atoms with E-state index in [1.54, 1.807) is 12.1 Å². The zero-order chi connectivity index (χ0) is 18.1. The first-order valence-corrected chi connectivity index (χ1v) is 8.02. The highest BCUT2D eigenvalue weighted by molar-refractivity contribution is 5.84. The molecule has 0 bridgehead atoms. The van der Waals surface area contributed by atoms with Crippen LogP contribution in [0.15, 0.2) is 60.7 Å². The van der Waals surface area contributed by atoms with E-state index in [0.29, 0.717) is 12.1 Å². The van der Waals surface area contributed by atoms with Gasteiger partial charge >= 0.3 is 12.2 Å². The number of amides is 2. The Labute approximate surface area is 146 Å². The Bertz CT molecular complexity index is 691. The van der Waals surface area contributed by atoms with Gasteiger partial charge in [-0.15, -0.1) is 0 Å². The molecule has 0 heterocycles. The van der Waals surface area contributed by atoms with Gasteiger partial charge in [-0.3, -0.25) is 5.32 Å². The molecular weight excluding hydrogens is 320 g/mol. The van der Waals surface area contributed by atoms with Gasteiger partial charge in [0.25, 0.3) is 0 Å². The summed E-state index contributed by atoms with van der Waals surface area (Å²) in [6.07, 6.45) is -0.829. The molecule has 2 aromatic rings. The Kier molecular flexibility index (Phi) is 6.39. The van der Waals surface area contributed by atoms with E-state index >= 15 is 0 Å². The number of carbonyl (C=O) groups is 2. The minimum Gasteiger partial charge on any atom is -0.449 e. The van der Waals surface area contributed by atoms with Crippen molar-refractivity contribution in [3.05, 3.63) is 66.2 Å². The van der Waals surface area contributed by atoms with Gasteiger partial charge in [-0.2, -0.15) is 0 Å². The van der Waals surface area contributed by atoms with Gasteiger partial charge in [-0.25, -0.2) is 9.59 Å². The van der Waals surface area contributed by atoms with E-state index in [4.69, 9.17) is 15.2 Å². The van der Waals surface area contributed by atoms with Crippen LogP contribution in [0, 0.1) is 0 Å². The second-order valence-corrected chi connectivity index (χ2v) is 5.67. The predicted molar refractivity (Wildman–Crippen MR) is 95.4 cm³/mol. The van der Waals surface area contributed by atoms with Crippen LogP contribution in [0.25, 0.3) is 0 Å². The van der Waals surface area contributed by atoms with Gasteiger partial charge in [0.15, 0.2) is 0 Å². The van der Waals surface area contributed by atoms with Gasteiger partial charge in [0.2, 0.25) is 0 Å².